The summed E-state index contributed by atoms with van der Waals surface area (Å²) in [5.41, 5.74) is 4.64. The van der Waals surface area contributed by atoms with Crippen LogP contribution in [-0.2, 0) is 19.3 Å². The lowest BCUT2D eigenvalue weighted by Gasteiger charge is -2.27. The fourth-order valence-corrected chi connectivity index (χ4v) is 3.83. The van der Waals surface area contributed by atoms with E-state index in [-0.39, 0.29) is 0 Å². The Labute approximate surface area is 118 Å². The molecule has 0 aromatic heterocycles. The van der Waals surface area contributed by atoms with Gasteiger partial charge in [-0.05, 0) is 48.4 Å². The number of fused-ring (bicyclic) bond motifs is 1. The van der Waals surface area contributed by atoms with Crippen molar-refractivity contribution in [1.82, 2.24) is 10.2 Å². The van der Waals surface area contributed by atoms with Crippen LogP contribution in [0.3, 0.4) is 0 Å². The molecule has 3 rings (SSSR count). The molecule has 98 valence electrons. The van der Waals surface area contributed by atoms with E-state index in [9.17, 15) is 0 Å². The summed E-state index contributed by atoms with van der Waals surface area (Å²) in [6, 6.07) is 4.78. The van der Waals surface area contributed by atoms with Gasteiger partial charge in [-0.15, -0.1) is 0 Å². The van der Waals surface area contributed by atoms with Crippen molar-refractivity contribution in [2.24, 2.45) is 0 Å². The molecule has 18 heavy (non-hydrogen) atoms. The molecule has 1 aliphatic heterocycles. The Kier molecular flexibility index (Phi) is 4.02. The molecule has 1 fully saturated rings. The summed E-state index contributed by atoms with van der Waals surface area (Å²) in [5.74, 6) is 0. The maximum Gasteiger partial charge on any atom is 0.0212 e. The summed E-state index contributed by atoms with van der Waals surface area (Å²) in [6.07, 6.45) is 5.05. The van der Waals surface area contributed by atoms with Crippen molar-refractivity contribution < 1.29 is 0 Å². The monoisotopic (exact) mass is 308 g/mol. The third kappa shape index (κ3) is 2.79. The van der Waals surface area contributed by atoms with Crippen LogP contribution in [0.25, 0.3) is 0 Å². The van der Waals surface area contributed by atoms with Crippen LogP contribution in [0, 0.1) is 0 Å². The van der Waals surface area contributed by atoms with Crippen molar-refractivity contribution in [2.45, 2.75) is 25.7 Å². The Morgan fingerprint density at radius 1 is 1.17 bits per heavy atom. The first-order valence-corrected chi connectivity index (χ1v) is 7.85. The van der Waals surface area contributed by atoms with Crippen molar-refractivity contribution >= 4 is 15.9 Å². The molecule has 0 bridgehead atoms. The van der Waals surface area contributed by atoms with Crippen molar-refractivity contribution in [3.05, 3.63) is 33.3 Å². The maximum absolute atomic E-state index is 3.74. The van der Waals surface area contributed by atoms with E-state index in [0.29, 0.717) is 0 Å². The van der Waals surface area contributed by atoms with E-state index < -0.39 is 0 Å². The number of halogens is 1. The summed E-state index contributed by atoms with van der Waals surface area (Å²) in [5, 5.41) is 3.41. The van der Waals surface area contributed by atoms with Crippen LogP contribution in [0.4, 0.5) is 0 Å². The number of hydrogen-bond donors (Lipinski definition) is 1. The SMILES string of the molecule is Brc1cc(CCN2CCNCC2)cc2c1CCC2. The van der Waals surface area contributed by atoms with E-state index in [0.717, 1.165) is 13.1 Å². The van der Waals surface area contributed by atoms with E-state index in [2.05, 4.69) is 38.3 Å². The van der Waals surface area contributed by atoms with Gasteiger partial charge in [0.15, 0.2) is 0 Å². The molecule has 2 aliphatic rings. The minimum atomic E-state index is 1.15. The molecule has 0 spiro atoms. The molecule has 2 nitrogen and oxygen atoms in total. The Morgan fingerprint density at radius 3 is 2.83 bits per heavy atom. The van der Waals surface area contributed by atoms with Crippen LogP contribution in [0.5, 0.6) is 0 Å². The lowest BCUT2D eigenvalue weighted by atomic mass is 10.0. The molecule has 1 aliphatic carbocycles. The van der Waals surface area contributed by atoms with Crippen LogP contribution in [0.15, 0.2) is 16.6 Å². The number of nitrogens with zero attached hydrogens (tertiary/aromatic N) is 1. The van der Waals surface area contributed by atoms with E-state index in [1.165, 1.54) is 55.4 Å². The van der Waals surface area contributed by atoms with Crippen LogP contribution >= 0.6 is 15.9 Å². The first-order valence-electron chi connectivity index (χ1n) is 7.06. The highest BCUT2D eigenvalue weighted by molar-refractivity contribution is 9.10. The highest BCUT2D eigenvalue weighted by atomic mass is 79.9. The largest absolute Gasteiger partial charge is 0.314 e. The summed E-state index contributed by atoms with van der Waals surface area (Å²) >= 11 is 3.74. The standard InChI is InChI=1S/C15H21BrN2/c16-15-11-12(10-13-2-1-3-14(13)15)4-7-18-8-5-17-6-9-18/h10-11,17H,1-9H2. The number of aryl methyl sites for hydroxylation is 1. The second-order valence-corrected chi connectivity index (χ2v) is 6.26. The molecule has 1 heterocycles. The Morgan fingerprint density at radius 2 is 2.00 bits per heavy atom. The third-order valence-corrected chi connectivity index (χ3v) is 4.85. The summed E-state index contributed by atoms with van der Waals surface area (Å²) < 4.78 is 1.34. The lowest BCUT2D eigenvalue weighted by molar-refractivity contribution is 0.244. The highest BCUT2D eigenvalue weighted by Crippen LogP contribution is 2.30. The summed E-state index contributed by atoms with van der Waals surface area (Å²) in [4.78, 5) is 2.57. The van der Waals surface area contributed by atoms with Gasteiger partial charge >= 0.3 is 0 Å². The molecular formula is C15H21BrN2. The van der Waals surface area contributed by atoms with Gasteiger partial charge in [0.25, 0.3) is 0 Å². The average Bonchev–Trinajstić information content (AvgIpc) is 2.86. The molecule has 1 saturated heterocycles. The normalized spacial score (nSPS) is 20.1. The molecular weight excluding hydrogens is 288 g/mol. The number of hydrogen-bond acceptors (Lipinski definition) is 2. The predicted molar refractivity (Wildman–Crippen MR) is 79.2 cm³/mol. The Hall–Kier alpha value is -0.380. The van der Waals surface area contributed by atoms with Crippen molar-refractivity contribution in [2.75, 3.05) is 32.7 Å². The van der Waals surface area contributed by atoms with Crippen LogP contribution in [0.1, 0.15) is 23.1 Å². The average molecular weight is 309 g/mol. The fraction of sp³-hybridized carbons (Fsp3) is 0.600. The maximum atomic E-state index is 3.74. The number of piperazine rings is 1. The van der Waals surface area contributed by atoms with Crippen LogP contribution < -0.4 is 5.32 Å². The van der Waals surface area contributed by atoms with E-state index in [1.807, 2.05) is 0 Å². The number of benzene rings is 1. The first-order chi connectivity index (χ1) is 8.83. The molecule has 0 atom stereocenters. The van der Waals surface area contributed by atoms with Crippen LogP contribution in [-0.4, -0.2) is 37.6 Å². The zero-order chi connectivity index (χ0) is 12.4. The predicted octanol–water partition coefficient (Wildman–Crippen LogP) is 2.39. The van der Waals surface area contributed by atoms with Gasteiger partial charge in [-0.25, -0.2) is 0 Å². The third-order valence-electron chi connectivity index (χ3n) is 4.15. The molecule has 1 aromatic carbocycles. The van der Waals surface area contributed by atoms with Crippen molar-refractivity contribution in [3.8, 4) is 0 Å². The molecule has 0 amide bonds. The van der Waals surface area contributed by atoms with E-state index >= 15 is 0 Å². The molecule has 0 radical (unpaired) electrons. The van der Waals surface area contributed by atoms with Gasteiger partial charge in [-0.2, -0.15) is 0 Å². The zero-order valence-corrected chi connectivity index (χ0v) is 12.4. The quantitative estimate of drug-likeness (QED) is 0.922. The fourth-order valence-electron chi connectivity index (χ4n) is 3.08. The smallest absolute Gasteiger partial charge is 0.0212 e. The van der Waals surface area contributed by atoms with Gasteiger partial charge in [0, 0.05) is 37.2 Å². The lowest BCUT2D eigenvalue weighted by Crippen LogP contribution is -2.44. The second kappa shape index (κ2) is 5.72. The molecule has 1 N–H and O–H groups in total. The molecule has 0 saturated carbocycles. The van der Waals surface area contributed by atoms with Gasteiger partial charge in [-0.1, -0.05) is 22.0 Å². The highest BCUT2D eigenvalue weighted by Gasteiger charge is 2.15. The topological polar surface area (TPSA) is 15.3 Å². The van der Waals surface area contributed by atoms with Crippen molar-refractivity contribution in [3.63, 3.8) is 0 Å². The van der Waals surface area contributed by atoms with Gasteiger partial charge in [0.1, 0.15) is 0 Å². The van der Waals surface area contributed by atoms with E-state index in [1.54, 1.807) is 11.1 Å². The van der Waals surface area contributed by atoms with Gasteiger partial charge in [0.2, 0.25) is 0 Å². The van der Waals surface area contributed by atoms with E-state index in [4.69, 9.17) is 0 Å². The molecule has 3 heteroatoms. The van der Waals surface area contributed by atoms with Gasteiger partial charge < -0.3 is 10.2 Å². The minimum Gasteiger partial charge on any atom is -0.314 e. The van der Waals surface area contributed by atoms with Gasteiger partial charge in [-0.3, -0.25) is 0 Å². The Balaban J connectivity index is 1.64. The number of rotatable bonds is 3. The molecule has 1 aromatic rings. The molecule has 0 unspecified atom stereocenters. The second-order valence-electron chi connectivity index (χ2n) is 5.41. The minimum absolute atomic E-state index is 1.15. The number of nitrogens with one attached hydrogen (secondary N) is 1. The van der Waals surface area contributed by atoms with Crippen LogP contribution in [0.2, 0.25) is 0 Å². The van der Waals surface area contributed by atoms with Gasteiger partial charge in [0.05, 0.1) is 0 Å². The van der Waals surface area contributed by atoms with Crippen molar-refractivity contribution in [1.29, 1.82) is 0 Å². The summed E-state index contributed by atoms with van der Waals surface area (Å²) in [6.45, 7) is 5.90. The summed E-state index contributed by atoms with van der Waals surface area (Å²) in [7, 11) is 0. The Bertz CT molecular complexity index is 425. The first kappa shape index (κ1) is 12.6. The zero-order valence-electron chi connectivity index (χ0n) is 10.8.